The molecule has 3 aromatic carbocycles. The van der Waals surface area contributed by atoms with Crippen LogP contribution < -0.4 is 0 Å². The molecular weight excluding hydrogens is 468 g/mol. The van der Waals surface area contributed by atoms with E-state index in [0.717, 1.165) is 36.8 Å². The molecule has 27 heavy (non-hydrogen) atoms. The molecule has 2 aliphatic rings. The molecule has 2 atom stereocenters. The molecule has 0 heterocycles. The van der Waals surface area contributed by atoms with Gasteiger partial charge >= 0.3 is 0 Å². The first kappa shape index (κ1) is 17.6. The van der Waals surface area contributed by atoms with Crippen molar-refractivity contribution in [2.75, 3.05) is 0 Å². The first-order chi connectivity index (χ1) is 12.8. The van der Waals surface area contributed by atoms with E-state index in [1.54, 1.807) is 0 Å². The number of aliphatic hydroxyl groups is 2. The predicted molar refractivity (Wildman–Crippen MR) is 114 cm³/mol. The van der Waals surface area contributed by atoms with Crippen LogP contribution in [0.4, 0.5) is 0 Å². The second-order valence-electron chi connectivity index (χ2n) is 7.92. The van der Waals surface area contributed by atoms with E-state index < -0.39 is 12.2 Å². The molecular formula is C23H18Br2O2. The Hall–Kier alpha value is -1.46. The van der Waals surface area contributed by atoms with Gasteiger partial charge < -0.3 is 10.2 Å². The molecule has 3 aromatic rings. The predicted octanol–water partition coefficient (Wildman–Crippen LogP) is 5.99. The minimum atomic E-state index is -0.743. The molecule has 0 radical (unpaired) electrons. The van der Waals surface area contributed by atoms with Crippen LogP contribution in [-0.2, 0) is 5.41 Å². The average Bonchev–Trinajstić information content (AvgIpc) is 2.85. The molecule has 0 fully saturated rings. The summed E-state index contributed by atoms with van der Waals surface area (Å²) in [6.07, 6.45) is -1.48. The van der Waals surface area contributed by atoms with Crippen LogP contribution in [0.25, 0.3) is 11.1 Å². The summed E-state index contributed by atoms with van der Waals surface area (Å²) in [5.41, 5.74) is 7.77. The largest absolute Gasteiger partial charge is 0.384 e. The van der Waals surface area contributed by atoms with Gasteiger partial charge in [0.05, 0.1) is 0 Å². The monoisotopic (exact) mass is 484 g/mol. The van der Waals surface area contributed by atoms with Crippen LogP contribution in [0.3, 0.4) is 0 Å². The summed E-state index contributed by atoms with van der Waals surface area (Å²) < 4.78 is 1.96. The van der Waals surface area contributed by atoms with Crippen LogP contribution >= 0.6 is 31.9 Å². The molecule has 0 bridgehead atoms. The van der Waals surface area contributed by atoms with E-state index in [2.05, 4.69) is 76.0 Å². The highest BCUT2D eigenvalue weighted by Gasteiger charge is 2.39. The Morgan fingerprint density at radius 3 is 2.00 bits per heavy atom. The average molecular weight is 486 g/mol. The fourth-order valence-electron chi connectivity index (χ4n) is 4.63. The summed E-state index contributed by atoms with van der Waals surface area (Å²) in [6.45, 7) is 4.43. The third kappa shape index (κ3) is 2.37. The van der Waals surface area contributed by atoms with Gasteiger partial charge in [-0.3, -0.25) is 0 Å². The summed E-state index contributed by atoms with van der Waals surface area (Å²) in [7, 11) is 0. The Balaban J connectivity index is 1.78. The maximum absolute atomic E-state index is 11.1. The van der Waals surface area contributed by atoms with Crippen molar-refractivity contribution in [3.8, 4) is 11.1 Å². The van der Waals surface area contributed by atoms with E-state index in [0.29, 0.717) is 0 Å². The molecule has 0 aliphatic heterocycles. The summed E-state index contributed by atoms with van der Waals surface area (Å²) in [5.74, 6) is 0. The quantitative estimate of drug-likeness (QED) is 0.410. The fraction of sp³-hybridized carbons (Fsp3) is 0.217. The topological polar surface area (TPSA) is 40.5 Å². The Morgan fingerprint density at radius 1 is 0.667 bits per heavy atom. The lowest BCUT2D eigenvalue weighted by atomic mass is 9.77. The smallest absolute Gasteiger partial charge is 0.105 e. The van der Waals surface area contributed by atoms with Crippen molar-refractivity contribution in [3.63, 3.8) is 0 Å². The molecule has 0 amide bonds. The molecule has 2 N–H and O–H groups in total. The second kappa shape index (κ2) is 5.77. The minimum Gasteiger partial charge on any atom is -0.384 e. The number of benzene rings is 3. The van der Waals surface area contributed by atoms with Crippen LogP contribution in [-0.4, -0.2) is 10.2 Å². The first-order valence-corrected chi connectivity index (χ1v) is 10.5. The Labute approximate surface area is 175 Å². The summed E-state index contributed by atoms with van der Waals surface area (Å²) >= 11 is 7.06. The maximum Gasteiger partial charge on any atom is 0.105 e. The van der Waals surface area contributed by atoms with Gasteiger partial charge in [-0.2, -0.15) is 0 Å². The molecule has 0 aromatic heterocycles. The molecule has 5 rings (SSSR count). The van der Waals surface area contributed by atoms with Gasteiger partial charge in [0.2, 0.25) is 0 Å². The number of hydrogen-bond donors (Lipinski definition) is 2. The number of rotatable bonds is 0. The van der Waals surface area contributed by atoms with Crippen LogP contribution in [0.2, 0.25) is 0 Å². The van der Waals surface area contributed by atoms with Gasteiger partial charge in [0, 0.05) is 14.4 Å². The normalized spacial score (nSPS) is 21.3. The summed E-state index contributed by atoms with van der Waals surface area (Å²) in [6, 6.07) is 16.2. The summed E-state index contributed by atoms with van der Waals surface area (Å²) in [4.78, 5) is 0. The molecule has 2 aliphatic carbocycles. The van der Waals surface area contributed by atoms with Crippen LogP contribution in [0.5, 0.6) is 0 Å². The van der Waals surface area contributed by atoms with Crippen molar-refractivity contribution in [2.45, 2.75) is 31.5 Å². The number of fused-ring (bicyclic) bond motifs is 5. The number of halogens is 2. The van der Waals surface area contributed by atoms with E-state index >= 15 is 0 Å². The molecule has 2 nitrogen and oxygen atoms in total. The van der Waals surface area contributed by atoms with Gasteiger partial charge in [-0.05, 0) is 74.8 Å². The van der Waals surface area contributed by atoms with Crippen molar-refractivity contribution in [1.82, 2.24) is 0 Å². The molecule has 2 unspecified atom stereocenters. The van der Waals surface area contributed by atoms with Gasteiger partial charge in [0.1, 0.15) is 12.2 Å². The van der Waals surface area contributed by atoms with Crippen molar-refractivity contribution in [3.05, 3.63) is 90.9 Å². The van der Waals surface area contributed by atoms with Crippen molar-refractivity contribution in [1.29, 1.82) is 0 Å². The van der Waals surface area contributed by atoms with Gasteiger partial charge in [-0.25, -0.2) is 0 Å². The van der Waals surface area contributed by atoms with Gasteiger partial charge in [-0.15, -0.1) is 0 Å². The van der Waals surface area contributed by atoms with E-state index in [9.17, 15) is 10.2 Å². The van der Waals surface area contributed by atoms with Crippen molar-refractivity contribution in [2.24, 2.45) is 0 Å². The highest BCUT2D eigenvalue weighted by Crippen LogP contribution is 2.53. The van der Waals surface area contributed by atoms with E-state index in [4.69, 9.17) is 0 Å². The van der Waals surface area contributed by atoms with Crippen LogP contribution in [0.1, 0.15) is 59.4 Å². The fourth-order valence-corrected chi connectivity index (χ4v) is 5.37. The third-order valence-electron chi connectivity index (χ3n) is 6.07. The third-order valence-corrected chi connectivity index (χ3v) is 7.06. The number of hydrogen-bond acceptors (Lipinski definition) is 2. The standard InChI is InChI=1S/C23H18Br2O2/c1-23(2)19-8-12(25)3-5-13(19)15-9-17-18(10-20(15)23)22(27)16-7-11(24)4-6-14(16)21(17)26/h3-10,21-22,26-27H,1-2H3. The lowest BCUT2D eigenvalue weighted by Gasteiger charge is -2.31. The Morgan fingerprint density at radius 2 is 1.22 bits per heavy atom. The lowest BCUT2D eigenvalue weighted by Crippen LogP contribution is -2.20. The zero-order chi connectivity index (χ0) is 19.1. The Bertz CT molecular complexity index is 1120. The van der Waals surface area contributed by atoms with Crippen molar-refractivity contribution < 1.29 is 10.2 Å². The lowest BCUT2D eigenvalue weighted by molar-refractivity contribution is 0.173. The molecule has 0 saturated heterocycles. The summed E-state index contributed by atoms with van der Waals surface area (Å²) in [5, 5.41) is 22.1. The zero-order valence-corrected chi connectivity index (χ0v) is 18.1. The van der Waals surface area contributed by atoms with Gasteiger partial charge in [0.25, 0.3) is 0 Å². The Kier molecular flexibility index (Phi) is 3.77. The maximum atomic E-state index is 11.1. The zero-order valence-electron chi connectivity index (χ0n) is 14.9. The minimum absolute atomic E-state index is 0.161. The SMILES string of the molecule is CC1(C)c2cc(Br)ccc2-c2cc3c(cc21)C(O)c1cc(Br)ccc1C3O. The highest BCUT2D eigenvalue weighted by atomic mass is 79.9. The highest BCUT2D eigenvalue weighted by molar-refractivity contribution is 9.10. The van der Waals surface area contributed by atoms with E-state index in [-0.39, 0.29) is 5.41 Å². The molecule has 0 saturated carbocycles. The molecule has 4 heteroatoms. The van der Waals surface area contributed by atoms with E-state index in [1.165, 1.54) is 16.7 Å². The molecule has 0 spiro atoms. The van der Waals surface area contributed by atoms with Crippen molar-refractivity contribution >= 4 is 31.9 Å². The number of aliphatic hydroxyl groups excluding tert-OH is 2. The van der Waals surface area contributed by atoms with Gasteiger partial charge in [-0.1, -0.05) is 63.9 Å². The molecule has 136 valence electrons. The van der Waals surface area contributed by atoms with Crippen LogP contribution in [0, 0.1) is 0 Å². The second-order valence-corrected chi connectivity index (χ2v) is 9.75. The van der Waals surface area contributed by atoms with E-state index in [1.807, 2.05) is 18.2 Å². The van der Waals surface area contributed by atoms with Gasteiger partial charge in [0.15, 0.2) is 0 Å². The first-order valence-electron chi connectivity index (χ1n) is 8.93. The van der Waals surface area contributed by atoms with Crippen LogP contribution in [0.15, 0.2) is 57.5 Å².